The molecule has 1 heterocycles. The molecule has 0 aliphatic rings. The molecule has 0 saturated heterocycles. The number of nitrogens with one attached hydrogen (secondary N) is 1. The number of ether oxygens (including phenoxy) is 3. The molecule has 0 amide bonds. The van der Waals surface area contributed by atoms with E-state index in [1.54, 1.807) is 45.0 Å². The van der Waals surface area contributed by atoms with Gasteiger partial charge in [0.2, 0.25) is 5.78 Å². The van der Waals surface area contributed by atoms with E-state index in [0.717, 1.165) is 0 Å². The summed E-state index contributed by atoms with van der Waals surface area (Å²) in [7, 11) is 0. The molecule has 0 unspecified atom stereocenters. The lowest BCUT2D eigenvalue weighted by Gasteiger charge is -2.07. The summed E-state index contributed by atoms with van der Waals surface area (Å²) in [5, 5.41) is 8.73. The zero-order chi connectivity index (χ0) is 20.7. The van der Waals surface area contributed by atoms with Crippen LogP contribution in [0.5, 0.6) is 5.75 Å². The smallest absolute Gasteiger partial charge is 0.344 e. The first kappa shape index (κ1) is 20.7. The topological polar surface area (TPSA) is 118 Å². The molecular formula is C20H20N2O6. The minimum atomic E-state index is -0.718. The normalized spacial score (nSPS) is 10.1. The first-order valence-electron chi connectivity index (χ1n) is 8.55. The molecule has 1 N–H and O–H groups in total. The fourth-order valence-electron chi connectivity index (χ4n) is 2.57. The molecule has 0 fully saturated rings. The van der Waals surface area contributed by atoms with Crippen LogP contribution in [0, 0.1) is 25.2 Å². The zero-order valence-electron chi connectivity index (χ0n) is 15.8. The lowest BCUT2D eigenvalue weighted by Crippen LogP contribution is -2.20. The van der Waals surface area contributed by atoms with Crippen LogP contribution in [0.3, 0.4) is 0 Å². The van der Waals surface area contributed by atoms with Crippen molar-refractivity contribution in [3.8, 4) is 11.8 Å². The van der Waals surface area contributed by atoms with E-state index >= 15 is 0 Å². The van der Waals surface area contributed by atoms with Gasteiger partial charge in [-0.3, -0.25) is 4.79 Å². The van der Waals surface area contributed by atoms with Gasteiger partial charge in [-0.1, -0.05) is 0 Å². The van der Waals surface area contributed by atoms with E-state index in [9.17, 15) is 14.4 Å². The highest BCUT2D eigenvalue weighted by atomic mass is 16.6. The number of Topliss-reactive ketones (excluding diaryl/α,β-unsaturated/α-hetero) is 1. The van der Waals surface area contributed by atoms with Gasteiger partial charge < -0.3 is 19.2 Å². The summed E-state index contributed by atoms with van der Waals surface area (Å²) in [6.07, 6.45) is 0. The van der Waals surface area contributed by atoms with E-state index < -0.39 is 24.3 Å². The van der Waals surface area contributed by atoms with Gasteiger partial charge in [0.1, 0.15) is 5.75 Å². The third kappa shape index (κ3) is 4.98. The van der Waals surface area contributed by atoms with Crippen LogP contribution in [0.4, 0.5) is 0 Å². The minimum Gasteiger partial charge on any atom is -0.482 e. The van der Waals surface area contributed by atoms with Gasteiger partial charge in [0, 0.05) is 5.69 Å². The summed E-state index contributed by atoms with van der Waals surface area (Å²) in [5.74, 6) is -1.30. The van der Waals surface area contributed by atoms with Gasteiger partial charge in [-0.25, -0.2) is 9.59 Å². The number of benzene rings is 1. The second-order valence-electron chi connectivity index (χ2n) is 5.85. The Kier molecular flexibility index (Phi) is 6.93. The van der Waals surface area contributed by atoms with Gasteiger partial charge in [-0.15, -0.1) is 0 Å². The molecule has 28 heavy (non-hydrogen) atoms. The highest BCUT2D eigenvalue weighted by molar-refractivity contribution is 6.02. The number of nitriles is 1. The Hall–Kier alpha value is -3.60. The number of carbonyl (C=O) groups excluding carboxylic acids is 3. The summed E-state index contributed by atoms with van der Waals surface area (Å²) in [6.45, 7) is 4.34. The molecule has 8 nitrogen and oxygen atoms in total. The number of carbonyl (C=O) groups is 3. The number of ketones is 1. The van der Waals surface area contributed by atoms with Crippen molar-refractivity contribution in [2.75, 3.05) is 19.8 Å². The van der Waals surface area contributed by atoms with E-state index in [4.69, 9.17) is 19.5 Å². The SMILES string of the molecule is CCOC(=O)c1c(C)[nH]c(C(=O)COC(=O)COc2ccc(C#N)cc2)c1C. The van der Waals surface area contributed by atoms with Gasteiger partial charge >= 0.3 is 11.9 Å². The van der Waals surface area contributed by atoms with Crippen LogP contribution in [-0.4, -0.2) is 42.5 Å². The molecule has 2 aromatic rings. The molecule has 0 spiro atoms. The van der Waals surface area contributed by atoms with E-state index in [2.05, 4.69) is 4.98 Å². The number of aromatic nitrogens is 1. The van der Waals surface area contributed by atoms with Gasteiger partial charge in [0.15, 0.2) is 13.2 Å². The second-order valence-corrected chi connectivity index (χ2v) is 5.85. The molecular weight excluding hydrogens is 364 g/mol. The maximum absolute atomic E-state index is 12.3. The highest BCUT2D eigenvalue weighted by Crippen LogP contribution is 2.19. The quantitative estimate of drug-likeness (QED) is 0.548. The van der Waals surface area contributed by atoms with E-state index in [0.29, 0.717) is 28.1 Å². The van der Waals surface area contributed by atoms with Crippen LogP contribution >= 0.6 is 0 Å². The summed E-state index contributed by atoms with van der Waals surface area (Å²) < 4.78 is 15.2. The van der Waals surface area contributed by atoms with E-state index in [-0.39, 0.29) is 18.9 Å². The number of nitrogens with zero attached hydrogens (tertiary/aromatic N) is 1. The Balaban J connectivity index is 1.91. The molecule has 0 aliphatic carbocycles. The summed E-state index contributed by atoms with van der Waals surface area (Å²) in [5.41, 5.74) is 1.93. The monoisotopic (exact) mass is 384 g/mol. The van der Waals surface area contributed by atoms with Crippen LogP contribution in [0.15, 0.2) is 24.3 Å². The number of H-pyrrole nitrogens is 1. The van der Waals surface area contributed by atoms with E-state index in [1.807, 2.05) is 6.07 Å². The fraction of sp³-hybridized carbons (Fsp3) is 0.300. The van der Waals surface area contributed by atoms with Crippen LogP contribution in [0.25, 0.3) is 0 Å². The Morgan fingerprint density at radius 1 is 1.07 bits per heavy atom. The molecule has 1 aromatic carbocycles. The molecule has 0 atom stereocenters. The van der Waals surface area contributed by atoms with Crippen molar-refractivity contribution >= 4 is 17.7 Å². The number of hydrogen-bond donors (Lipinski definition) is 1. The third-order valence-electron chi connectivity index (χ3n) is 3.90. The predicted octanol–water partition coefficient (Wildman–Crippen LogP) is 2.48. The molecule has 146 valence electrons. The molecule has 1 aromatic heterocycles. The highest BCUT2D eigenvalue weighted by Gasteiger charge is 2.23. The first-order valence-corrected chi connectivity index (χ1v) is 8.55. The lowest BCUT2D eigenvalue weighted by molar-refractivity contribution is -0.144. The zero-order valence-corrected chi connectivity index (χ0v) is 15.8. The molecule has 0 saturated carbocycles. The lowest BCUT2D eigenvalue weighted by atomic mass is 10.1. The van der Waals surface area contributed by atoms with Crippen molar-refractivity contribution in [2.45, 2.75) is 20.8 Å². The van der Waals surface area contributed by atoms with Gasteiger partial charge in [0.05, 0.1) is 29.5 Å². The molecule has 0 radical (unpaired) electrons. The summed E-state index contributed by atoms with van der Waals surface area (Å²) in [6, 6.07) is 8.20. The largest absolute Gasteiger partial charge is 0.482 e. The fourth-order valence-corrected chi connectivity index (χ4v) is 2.57. The maximum Gasteiger partial charge on any atom is 0.344 e. The van der Waals surface area contributed by atoms with Crippen molar-refractivity contribution in [3.63, 3.8) is 0 Å². The average molecular weight is 384 g/mol. The molecule has 0 bridgehead atoms. The number of hydrogen-bond acceptors (Lipinski definition) is 7. The standard InChI is InChI=1S/C20H20N2O6/c1-4-26-20(25)18-12(2)19(22-13(18)3)16(23)10-28-17(24)11-27-15-7-5-14(9-21)6-8-15/h5-8,22H,4,10-11H2,1-3H3. The Labute approximate surface area is 162 Å². The maximum atomic E-state index is 12.3. The predicted molar refractivity (Wildman–Crippen MR) is 98.2 cm³/mol. The van der Waals surface area contributed by atoms with Crippen molar-refractivity contribution in [3.05, 3.63) is 52.3 Å². The van der Waals surface area contributed by atoms with Crippen molar-refractivity contribution in [1.29, 1.82) is 5.26 Å². The number of aromatic amines is 1. The number of aryl methyl sites for hydroxylation is 1. The van der Waals surface area contributed by atoms with Gasteiger partial charge in [0.25, 0.3) is 0 Å². The van der Waals surface area contributed by atoms with Crippen LogP contribution in [-0.2, 0) is 14.3 Å². The third-order valence-corrected chi connectivity index (χ3v) is 3.90. The van der Waals surface area contributed by atoms with Crippen LogP contribution in [0.2, 0.25) is 0 Å². The Morgan fingerprint density at radius 2 is 1.75 bits per heavy atom. The number of rotatable bonds is 8. The van der Waals surface area contributed by atoms with Crippen LogP contribution in [0.1, 0.15) is 44.6 Å². The van der Waals surface area contributed by atoms with Crippen molar-refractivity contribution < 1.29 is 28.6 Å². The van der Waals surface area contributed by atoms with Gasteiger partial charge in [-0.05, 0) is 50.6 Å². The Morgan fingerprint density at radius 3 is 2.36 bits per heavy atom. The van der Waals surface area contributed by atoms with Crippen molar-refractivity contribution in [1.82, 2.24) is 4.98 Å². The Bertz CT molecular complexity index is 921. The average Bonchev–Trinajstić information content (AvgIpc) is 2.99. The molecule has 0 aliphatic heterocycles. The molecule has 8 heteroatoms. The van der Waals surface area contributed by atoms with Gasteiger partial charge in [-0.2, -0.15) is 5.26 Å². The minimum absolute atomic E-state index is 0.196. The molecule has 2 rings (SSSR count). The summed E-state index contributed by atoms with van der Waals surface area (Å²) >= 11 is 0. The second kappa shape index (κ2) is 9.37. The van der Waals surface area contributed by atoms with E-state index in [1.165, 1.54) is 0 Å². The summed E-state index contributed by atoms with van der Waals surface area (Å²) in [4.78, 5) is 38.9. The van der Waals surface area contributed by atoms with Crippen molar-refractivity contribution in [2.24, 2.45) is 0 Å². The first-order chi connectivity index (χ1) is 13.4. The van der Waals surface area contributed by atoms with Crippen LogP contribution < -0.4 is 4.74 Å². The number of esters is 2.